The minimum atomic E-state index is -0.684. The first-order valence-electron chi connectivity index (χ1n) is 6.25. The molecule has 0 aromatic carbocycles. The molecule has 8 heteroatoms. The number of carbonyl (C=O) groups excluding carboxylic acids is 1. The van der Waals surface area contributed by atoms with E-state index >= 15 is 0 Å². The van der Waals surface area contributed by atoms with E-state index in [9.17, 15) is 9.90 Å². The predicted octanol–water partition coefficient (Wildman–Crippen LogP) is 1.01. The molecule has 0 saturated heterocycles. The summed E-state index contributed by atoms with van der Waals surface area (Å²) in [5.74, 6) is -0.185. The van der Waals surface area contributed by atoms with Crippen molar-refractivity contribution in [3.63, 3.8) is 0 Å². The standard InChI is InChI=1S/C13H18N4O2S.ClH/c1-14-12(10-5-16-17(2)7-10)13(19)15-6-11(18)9-3-4-20-8-9;/h3-5,7-8,11-12,14,18H,6H2,1-2H3,(H,15,19);1H. The van der Waals surface area contributed by atoms with Gasteiger partial charge in [0.15, 0.2) is 0 Å². The van der Waals surface area contributed by atoms with E-state index in [0.29, 0.717) is 0 Å². The summed E-state index contributed by atoms with van der Waals surface area (Å²) in [7, 11) is 3.51. The quantitative estimate of drug-likeness (QED) is 0.738. The van der Waals surface area contributed by atoms with Gasteiger partial charge in [-0.05, 0) is 29.4 Å². The lowest BCUT2D eigenvalue weighted by Gasteiger charge is -2.16. The smallest absolute Gasteiger partial charge is 0.241 e. The molecule has 0 bridgehead atoms. The van der Waals surface area contributed by atoms with Crippen LogP contribution in [0, 0.1) is 0 Å². The van der Waals surface area contributed by atoms with Crippen molar-refractivity contribution in [2.45, 2.75) is 12.1 Å². The second-order valence-corrected chi connectivity index (χ2v) is 5.27. The van der Waals surface area contributed by atoms with E-state index in [-0.39, 0.29) is 24.9 Å². The molecule has 2 rings (SSSR count). The van der Waals surface area contributed by atoms with Gasteiger partial charge >= 0.3 is 0 Å². The number of carbonyl (C=O) groups is 1. The number of hydrogen-bond acceptors (Lipinski definition) is 5. The third-order valence-corrected chi connectivity index (χ3v) is 3.71. The van der Waals surface area contributed by atoms with Crippen molar-refractivity contribution in [2.75, 3.05) is 13.6 Å². The molecule has 0 aliphatic rings. The Kier molecular flexibility index (Phi) is 6.83. The molecule has 1 amide bonds. The van der Waals surface area contributed by atoms with Crippen LogP contribution >= 0.6 is 23.7 Å². The van der Waals surface area contributed by atoms with Gasteiger partial charge < -0.3 is 15.7 Å². The Hall–Kier alpha value is -1.41. The van der Waals surface area contributed by atoms with E-state index in [1.54, 1.807) is 31.2 Å². The molecule has 0 fully saturated rings. The second kappa shape index (κ2) is 8.14. The Morgan fingerprint density at radius 2 is 2.29 bits per heavy atom. The number of nitrogens with zero attached hydrogens (tertiary/aromatic N) is 2. The number of thiophene rings is 1. The zero-order valence-electron chi connectivity index (χ0n) is 11.8. The third kappa shape index (κ3) is 4.53. The van der Waals surface area contributed by atoms with Crippen LogP contribution < -0.4 is 10.6 Å². The van der Waals surface area contributed by atoms with Crippen LogP contribution in [-0.4, -0.2) is 34.4 Å². The Balaban J connectivity index is 0.00000220. The lowest BCUT2D eigenvalue weighted by atomic mass is 10.1. The molecular formula is C13H19ClN4O2S. The number of aliphatic hydroxyl groups excluding tert-OH is 1. The van der Waals surface area contributed by atoms with Crippen molar-refractivity contribution in [3.8, 4) is 0 Å². The number of amides is 1. The van der Waals surface area contributed by atoms with Gasteiger partial charge in [0.1, 0.15) is 6.04 Å². The summed E-state index contributed by atoms with van der Waals surface area (Å²) in [4.78, 5) is 12.1. The lowest BCUT2D eigenvalue weighted by Crippen LogP contribution is -2.37. The fraction of sp³-hybridized carbons (Fsp3) is 0.385. The van der Waals surface area contributed by atoms with Crippen LogP contribution in [0.5, 0.6) is 0 Å². The summed E-state index contributed by atoms with van der Waals surface area (Å²) >= 11 is 1.52. The molecule has 2 atom stereocenters. The molecular weight excluding hydrogens is 312 g/mol. The summed E-state index contributed by atoms with van der Waals surface area (Å²) in [6, 6.07) is 1.37. The van der Waals surface area contributed by atoms with E-state index in [2.05, 4.69) is 15.7 Å². The summed E-state index contributed by atoms with van der Waals surface area (Å²) in [6.45, 7) is 0.189. The molecule has 0 spiro atoms. The Labute approximate surface area is 133 Å². The monoisotopic (exact) mass is 330 g/mol. The van der Waals surface area contributed by atoms with Crippen LogP contribution in [0.1, 0.15) is 23.3 Å². The highest BCUT2D eigenvalue weighted by molar-refractivity contribution is 7.07. The van der Waals surface area contributed by atoms with E-state index in [0.717, 1.165) is 11.1 Å². The number of aryl methyl sites for hydroxylation is 1. The first-order chi connectivity index (χ1) is 9.61. The summed E-state index contributed by atoms with van der Waals surface area (Å²) in [6.07, 6.45) is 2.75. The van der Waals surface area contributed by atoms with Crippen molar-refractivity contribution in [1.82, 2.24) is 20.4 Å². The van der Waals surface area contributed by atoms with Crippen molar-refractivity contribution >= 4 is 29.7 Å². The van der Waals surface area contributed by atoms with Crippen LogP contribution in [0.2, 0.25) is 0 Å². The largest absolute Gasteiger partial charge is 0.387 e. The number of likely N-dealkylation sites (N-methyl/N-ethyl adjacent to an activating group) is 1. The molecule has 0 radical (unpaired) electrons. The molecule has 2 heterocycles. The number of nitrogens with one attached hydrogen (secondary N) is 2. The number of hydrogen-bond donors (Lipinski definition) is 3. The molecule has 0 aliphatic carbocycles. The predicted molar refractivity (Wildman–Crippen MR) is 84.5 cm³/mol. The Morgan fingerprint density at radius 3 is 2.81 bits per heavy atom. The summed E-state index contributed by atoms with van der Waals surface area (Å²) in [5, 5.41) is 23.4. The average molecular weight is 331 g/mol. The van der Waals surface area contributed by atoms with Crippen molar-refractivity contribution < 1.29 is 9.90 Å². The van der Waals surface area contributed by atoms with Crippen LogP contribution in [0.3, 0.4) is 0 Å². The Morgan fingerprint density at radius 1 is 1.52 bits per heavy atom. The maximum Gasteiger partial charge on any atom is 0.241 e. The molecule has 3 N–H and O–H groups in total. The second-order valence-electron chi connectivity index (χ2n) is 4.49. The van der Waals surface area contributed by atoms with Gasteiger partial charge in [-0.15, -0.1) is 12.4 Å². The van der Waals surface area contributed by atoms with E-state index in [1.807, 2.05) is 16.8 Å². The molecule has 2 unspecified atom stereocenters. The minimum absolute atomic E-state index is 0. The first kappa shape index (κ1) is 17.6. The van der Waals surface area contributed by atoms with Gasteiger partial charge in [-0.25, -0.2) is 0 Å². The van der Waals surface area contributed by atoms with Gasteiger partial charge in [0, 0.05) is 25.4 Å². The van der Waals surface area contributed by atoms with Gasteiger partial charge in [-0.1, -0.05) is 0 Å². The van der Waals surface area contributed by atoms with Gasteiger partial charge in [-0.3, -0.25) is 9.48 Å². The number of halogens is 1. The zero-order valence-corrected chi connectivity index (χ0v) is 13.4. The van der Waals surface area contributed by atoms with Gasteiger partial charge in [0.2, 0.25) is 5.91 Å². The maximum absolute atomic E-state index is 12.1. The molecule has 6 nitrogen and oxygen atoms in total. The lowest BCUT2D eigenvalue weighted by molar-refractivity contribution is -0.123. The van der Waals surface area contributed by atoms with Gasteiger partial charge in [0.05, 0.1) is 12.3 Å². The van der Waals surface area contributed by atoms with Crippen LogP contribution in [0.25, 0.3) is 0 Å². The Bertz CT molecular complexity index is 558. The third-order valence-electron chi connectivity index (χ3n) is 3.01. The fourth-order valence-electron chi connectivity index (χ4n) is 1.92. The van der Waals surface area contributed by atoms with E-state index in [1.165, 1.54) is 11.3 Å². The number of aliphatic hydroxyl groups is 1. The van der Waals surface area contributed by atoms with E-state index < -0.39 is 12.1 Å². The summed E-state index contributed by atoms with van der Waals surface area (Å²) < 4.78 is 1.65. The highest BCUT2D eigenvalue weighted by Gasteiger charge is 2.20. The normalized spacial score (nSPS) is 13.3. The van der Waals surface area contributed by atoms with Gasteiger partial charge in [-0.2, -0.15) is 16.4 Å². The molecule has 2 aromatic rings. The minimum Gasteiger partial charge on any atom is -0.387 e. The van der Waals surface area contributed by atoms with Crippen molar-refractivity contribution in [1.29, 1.82) is 0 Å². The molecule has 21 heavy (non-hydrogen) atoms. The number of rotatable bonds is 6. The van der Waals surface area contributed by atoms with Crippen LogP contribution in [0.4, 0.5) is 0 Å². The first-order valence-corrected chi connectivity index (χ1v) is 7.19. The highest BCUT2D eigenvalue weighted by Crippen LogP contribution is 2.16. The van der Waals surface area contributed by atoms with E-state index in [4.69, 9.17) is 0 Å². The maximum atomic E-state index is 12.1. The van der Waals surface area contributed by atoms with Gasteiger partial charge in [0.25, 0.3) is 0 Å². The average Bonchev–Trinajstić information content (AvgIpc) is 3.08. The van der Waals surface area contributed by atoms with Crippen LogP contribution in [-0.2, 0) is 11.8 Å². The molecule has 2 aromatic heterocycles. The van der Waals surface area contributed by atoms with Crippen LogP contribution in [0.15, 0.2) is 29.2 Å². The van der Waals surface area contributed by atoms with Crippen molar-refractivity contribution in [3.05, 3.63) is 40.3 Å². The molecule has 0 saturated carbocycles. The molecule has 0 aliphatic heterocycles. The van der Waals surface area contributed by atoms with Crippen molar-refractivity contribution in [2.24, 2.45) is 7.05 Å². The SMILES string of the molecule is CNC(C(=O)NCC(O)c1ccsc1)c1cnn(C)c1.Cl. The zero-order chi connectivity index (χ0) is 14.5. The number of aromatic nitrogens is 2. The topological polar surface area (TPSA) is 79.2 Å². The highest BCUT2D eigenvalue weighted by atomic mass is 35.5. The molecule has 116 valence electrons. The summed E-state index contributed by atoms with van der Waals surface area (Å²) in [5.41, 5.74) is 1.61. The fourth-order valence-corrected chi connectivity index (χ4v) is 2.63.